The van der Waals surface area contributed by atoms with Crippen molar-refractivity contribution >= 4 is 23.1 Å². The summed E-state index contributed by atoms with van der Waals surface area (Å²) in [5, 5.41) is 13.1. The minimum atomic E-state index is -1.05. The number of aromatic nitrogens is 2. The molecule has 4 nitrogen and oxygen atoms in total. The van der Waals surface area contributed by atoms with Gasteiger partial charge in [0.2, 0.25) is 0 Å². The molecule has 0 aliphatic carbocycles. The zero-order valence-corrected chi connectivity index (χ0v) is 7.19. The molecule has 0 unspecified atom stereocenters. The lowest BCUT2D eigenvalue weighted by atomic mass is 10.3. The molecule has 13 heavy (non-hydrogen) atoms. The topological polar surface area (TPSA) is 54.6 Å². The minimum absolute atomic E-state index is 0.0625. The van der Waals surface area contributed by atoms with Gasteiger partial charge in [0.15, 0.2) is 5.69 Å². The molecule has 2 aromatic heterocycles. The van der Waals surface area contributed by atoms with E-state index in [1.54, 1.807) is 12.1 Å². The van der Waals surface area contributed by atoms with Gasteiger partial charge in [0, 0.05) is 5.02 Å². The van der Waals surface area contributed by atoms with Gasteiger partial charge in [-0.05, 0) is 18.2 Å². The summed E-state index contributed by atoms with van der Waals surface area (Å²) in [5.41, 5.74) is 0.734. The highest BCUT2D eigenvalue weighted by Crippen LogP contribution is 2.15. The summed E-state index contributed by atoms with van der Waals surface area (Å²) in [6, 6.07) is 4.71. The van der Waals surface area contributed by atoms with Gasteiger partial charge >= 0.3 is 5.97 Å². The second kappa shape index (κ2) is 2.74. The van der Waals surface area contributed by atoms with Crippen LogP contribution in [0.5, 0.6) is 0 Å². The van der Waals surface area contributed by atoms with Crippen molar-refractivity contribution in [3.8, 4) is 0 Å². The first-order valence-electron chi connectivity index (χ1n) is 3.55. The van der Waals surface area contributed by atoms with Crippen LogP contribution in [0, 0.1) is 0 Å². The van der Waals surface area contributed by atoms with Gasteiger partial charge in [-0.25, -0.2) is 9.31 Å². The predicted octanol–water partition coefficient (Wildman–Crippen LogP) is 1.69. The van der Waals surface area contributed by atoms with Crippen LogP contribution in [-0.2, 0) is 0 Å². The first kappa shape index (κ1) is 8.07. The Kier molecular flexibility index (Phi) is 1.70. The Morgan fingerprint density at radius 3 is 3.00 bits per heavy atom. The monoisotopic (exact) mass is 196 g/mol. The molecule has 0 spiro atoms. The molecule has 0 atom stereocenters. The molecule has 0 amide bonds. The smallest absolute Gasteiger partial charge is 0.354 e. The second-order valence-corrected chi connectivity index (χ2v) is 2.97. The maximum Gasteiger partial charge on any atom is 0.354 e. The van der Waals surface area contributed by atoms with Crippen molar-refractivity contribution in [2.45, 2.75) is 0 Å². The van der Waals surface area contributed by atoms with Crippen LogP contribution >= 0.6 is 11.6 Å². The molecule has 0 fully saturated rings. The Balaban J connectivity index is 2.84. The lowest BCUT2D eigenvalue weighted by molar-refractivity contribution is 0.0687. The number of hydrogen-bond acceptors (Lipinski definition) is 2. The molecular weight excluding hydrogens is 192 g/mol. The number of pyridine rings is 1. The van der Waals surface area contributed by atoms with Crippen molar-refractivity contribution < 1.29 is 9.90 Å². The molecule has 0 saturated carbocycles. The van der Waals surface area contributed by atoms with E-state index in [-0.39, 0.29) is 5.69 Å². The molecule has 0 bridgehead atoms. The van der Waals surface area contributed by atoms with Crippen molar-refractivity contribution in [1.29, 1.82) is 0 Å². The average Bonchev–Trinajstić information content (AvgIpc) is 2.49. The van der Waals surface area contributed by atoms with E-state index in [9.17, 15) is 4.79 Å². The summed E-state index contributed by atoms with van der Waals surface area (Å²) < 4.78 is 1.33. The summed E-state index contributed by atoms with van der Waals surface area (Å²) in [6.45, 7) is 0. The number of hydrogen-bond donors (Lipinski definition) is 1. The van der Waals surface area contributed by atoms with Gasteiger partial charge in [0.05, 0.1) is 11.7 Å². The first-order valence-corrected chi connectivity index (χ1v) is 3.93. The summed E-state index contributed by atoms with van der Waals surface area (Å²) in [6.07, 6.45) is 1.53. The lowest BCUT2D eigenvalue weighted by Gasteiger charge is -1.99. The molecule has 2 rings (SSSR count). The molecule has 0 aliphatic heterocycles. The van der Waals surface area contributed by atoms with Crippen LogP contribution in [-0.4, -0.2) is 20.7 Å². The number of carboxylic acid groups (broad SMARTS) is 1. The zero-order valence-electron chi connectivity index (χ0n) is 6.44. The molecule has 0 saturated heterocycles. The number of nitrogens with zero attached hydrogens (tertiary/aromatic N) is 2. The molecule has 2 aromatic rings. The number of carboxylic acids is 1. The van der Waals surface area contributed by atoms with Crippen molar-refractivity contribution in [3.05, 3.63) is 35.1 Å². The fraction of sp³-hybridized carbons (Fsp3) is 0. The predicted molar refractivity (Wildman–Crippen MR) is 47.2 cm³/mol. The number of aromatic carboxylic acids is 1. The Bertz CT molecular complexity index is 478. The van der Waals surface area contributed by atoms with E-state index in [4.69, 9.17) is 16.7 Å². The standard InChI is InChI=1S/C8H5ClN2O2/c9-5-3-6-1-2-10-11(6)7(4-5)8(12)13/h1-4H,(H,12,13). The van der Waals surface area contributed by atoms with E-state index in [0.717, 1.165) is 0 Å². The molecular formula is C8H5ClN2O2. The number of carbonyl (C=O) groups is 1. The normalized spacial score (nSPS) is 10.5. The van der Waals surface area contributed by atoms with Crippen LogP contribution in [0.2, 0.25) is 5.02 Å². The van der Waals surface area contributed by atoms with Gasteiger partial charge in [-0.15, -0.1) is 0 Å². The van der Waals surface area contributed by atoms with Gasteiger partial charge < -0.3 is 5.11 Å². The number of halogens is 1. The Morgan fingerprint density at radius 2 is 2.31 bits per heavy atom. The third-order valence-electron chi connectivity index (χ3n) is 1.68. The van der Waals surface area contributed by atoms with Crippen LogP contribution in [0.3, 0.4) is 0 Å². The number of fused-ring (bicyclic) bond motifs is 1. The largest absolute Gasteiger partial charge is 0.477 e. The highest BCUT2D eigenvalue weighted by Gasteiger charge is 2.09. The third kappa shape index (κ3) is 1.25. The average molecular weight is 197 g/mol. The van der Waals surface area contributed by atoms with E-state index >= 15 is 0 Å². The lowest BCUT2D eigenvalue weighted by Crippen LogP contribution is -2.05. The van der Waals surface area contributed by atoms with Gasteiger partial charge in [-0.2, -0.15) is 5.10 Å². The van der Waals surface area contributed by atoms with Crippen LogP contribution in [0.4, 0.5) is 0 Å². The highest BCUT2D eigenvalue weighted by atomic mass is 35.5. The van der Waals surface area contributed by atoms with E-state index in [0.29, 0.717) is 10.5 Å². The molecule has 5 heteroatoms. The van der Waals surface area contributed by atoms with Gasteiger partial charge in [0.1, 0.15) is 0 Å². The van der Waals surface area contributed by atoms with Crippen LogP contribution in [0.15, 0.2) is 24.4 Å². The van der Waals surface area contributed by atoms with Crippen molar-refractivity contribution in [2.75, 3.05) is 0 Å². The summed E-state index contributed by atoms with van der Waals surface area (Å²) in [7, 11) is 0. The van der Waals surface area contributed by atoms with Gasteiger partial charge in [-0.1, -0.05) is 11.6 Å². The third-order valence-corrected chi connectivity index (χ3v) is 1.90. The summed E-state index contributed by atoms with van der Waals surface area (Å²) in [4.78, 5) is 10.7. The fourth-order valence-corrected chi connectivity index (χ4v) is 1.37. The Labute approximate surface area is 78.4 Å². The quantitative estimate of drug-likeness (QED) is 0.755. The van der Waals surface area contributed by atoms with E-state index in [1.165, 1.54) is 16.8 Å². The van der Waals surface area contributed by atoms with Crippen molar-refractivity contribution in [3.63, 3.8) is 0 Å². The summed E-state index contributed by atoms with van der Waals surface area (Å²) >= 11 is 5.72. The van der Waals surface area contributed by atoms with E-state index in [2.05, 4.69) is 5.10 Å². The first-order chi connectivity index (χ1) is 6.18. The van der Waals surface area contributed by atoms with E-state index in [1.807, 2.05) is 0 Å². The second-order valence-electron chi connectivity index (χ2n) is 2.53. The Morgan fingerprint density at radius 1 is 1.54 bits per heavy atom. The minimum Gasteiger partial charge on any atom is -0.477 e. The molecule has 1 N–H and O–H groups in total. The van der Waals surface area contributed by atoms with Crippen molar-refractivity contribution in [1.82, 2.24) is 9.61 Å². The Hall–Kier alpha value is -1.55. The number of rotatable bonds is 1. The van der Waals surface area contributed by atoms with Gasteiger partial charge in [0.25, 0.3) is 0 Å². The SMILES string of the molecule is O=C(O)c1cc(Cl)cc2ccnn12. The maximum atomic E-state index is 10.7. The molecule has 2 heterocycles. The maximum absolute atomic E-state index is 10.7. The fourth-order valence-electron chi connectivity index (χ4n) is 1.15. The molecule has 0 aromatic carbocycles. The zero-order chi connectivity index (χ0) is 9.42. The summed E-state index contributed by atoms with van der Waals surface area (Å²) in [5.74, 6) is -1.05. The molecule has 0 aliphatic rings. The van der Waals surface area contributed by atoms with Crippen LogP contribution in [0.25, 0.3) is 5.52 Å². The highest BCUT2D eigenvalue weighted by molar-refractivity contribution is 6.31. The molecule has 0 radical (unpaired) electrons. The molecule has 66 valence electrons. The van der Waals surface area contributed by atoms with Crippen molar-refractivity contribution in [2.24, 2.45) is 0 Å². The van der Waals surface area contributed by atoms with Crippen LogP contribution < -0.4 is 0 Å². The van der Waals surface area contributed by atoms with Crippen LogP contribution in [0.1, 0.15) is 10.5 Å². The van der Waals surface area contributed by atoms with E-state index < -0.39 is 5.97 Å². The van der Waals surface area contributed by atoms with Gasteiger partial charge in [-0.3, -0.25) is 0 Å².